The van der Waals surface area contributed by atoms with Crippen LogP contribution in [0, 0.1) is 3.57 Å². The zero-order chi connectivity index (χ0) is 7.84. The SMILES string of the molecule is Clc1nc2c(I)cccc2[nH]1. The van der Waals surface area contributed by atoms with E-state index in [9.17, 15) is 0 Å². The highest BCUT2D eigenvalue weighted by molar-refractivity contribution is 14.1. The number of hydrogen-bond acceptors (Lipinski definition) is 1. The molecule has 0 atom stereocenters. The Morgan fingerprint density at radius 3 is 3.00 bits per heavy atom. The lowest BCUT2D eigenvalue weighted by Gasteiger charge is -1.88. The molecule has 0 amide bonds. The van der Waals surface area contributed by atoms with Gasteiger partial charge in [0.05, 0.1) is 5.52 Å². The number of hydrogen-bond donors (Lipinski definition) is 1. The van der Waals surface area contributed by atoms with Crippen molar-refractivity contribution in [3.63, 3.8) is 0 Å². The van der Waals surface area contributed by atoms with Crippen molar-refractivity contribution in [3.05, 3.63) is 27.1 Å². The minimum Gasteiger partial charge on any atom is -0.329 e. The van der Waals surface area contributed by atoms with Crippen LogP contribution in [0.15, 0.2) is 18.2 Å². The van der Waals surface area contributed by atoms with Crippen molar-refractivity contribution in [3.8, 4) is 0 Å². The predicted octanol–water partition coefficient (Wildman–Crippen LogP) is 2.82. The van der Waals surface area contributed by atoms with Crippen LogP contribution in [0.5, 0.6) is 0 Å². The quantitative estimate of drug-likeness (QED) is 0.738. The molecule has 2 aromatic rings. The highest BCUT2D eigenvalue weighted by atomic mass is 127. The summed E-state index contributed by atoms with van der Waals surface area (Å²) in [6, 6.07) is 5.93. The molecule has 1 aromatic heterocycles. The van der Waals surface area contributed by atoms with Gasteiger partial charge in [0.2, 0.25) is 5.28 Å². The molecule has 0 bridgehead atoms. The molecule has 4 heteroatoms. The van der Waals surface area contributed by atoms with Crippen LogP contribution in [-0.4, -0.2) is 9.97 Å². The van der Waals surface area contributed by atoms with Crippen LogP contribution >= 0.6 is 34.2 Å². The first-order chi connectivity index (χ1) is 5.27. The van der Waals surface area contributed by atoms with Crippen molar-refractivity contribution < 1.29 is 0 Å². The predicted molar refractivity (Wildman–Crippen MR) is 53.8 cm³/mol. The van der Waals surface area contributed by atoms with Crippen LogP contribution in [0.4, 0.5) is 0 Å². The van der Waals surface area contributed by atoms with E-state index in [1.165, 1.54) is 0 Å². The van der Waals surface area contributed by atoms with E-state index in [-0.39, 0.29) is 0 Å². The normalized spacial score (nSPS) is 10.7. The van der Waals surface area contributed by atoms with Crippen molar-refractivity contribution in [1.82, 2.24) is 9.97 Å². The Kier molecular flexibility index (Phi) is 1.77. The summed E-state index contributed by atoms with van der Waals surface area (Å²) in [6.45, 7) is 0. The monoisotopic (exact) mass is 278 g/mol. The van der Waals surface area contributed by atoms with Gasteiger partial charge in [-0.2, -0.15) is 0 Å². The minimum absolute atomic E-state index is 0.448. The average molecular weight is 278 g/mol. The van der Waals surface area contributed by atoms with Crippen LogP contribution in [0.1, 0.15) is 0 Å². The van der Waals surface area contributed by atoms with E-state index < -0.39 is 0 Å². The van der Waals surface area contributed by atoms with Crippen LogP contribution in [0.2, 0.25) is 5.28 Å². The molecule has 0 aliphatic rings. The molecule has 0 saturated heterocycles. The number of nitrogens with zero attached hydrogens (tertiary/aromatic N) is 1. The zero-order valence-corrected chi connectivity index (χ0v) is 8.35. The highest BCUT2D eigenvalue weighted by Crippen LogP contribution is 2.19. The summed E-state index contributed by atoms with van der Waals surface area (Å²) in [5.41, 5.74) is 1.93. The van der Waals surface area contributed by atoms with Crippen LogP contribution in [-0.2, 0) is 0 Å². The number of H-pyrrole nitrogens is 1. The van der Waals surface area contributed by atoms with Gasteiger partial charge in [-0.15, -0.1) is 0 Å². The second-order valence-electron chi connectivity index (χ2n) is 2.16. The summed E-state index contributed by atoms with van der Waals surface area (Å²) in [5, 5.41) is 0.448. The number of aromatic nitrogens is 2. The summed E-state index contributed by atoms with van der Waals surface area (Å²) in [6.07, 6.45) is 0. The fraction of sp³-hybridized carbons (Fsp3) is 0. The van der Waals surface area contributed by atoms with Crippen LogP contribution in [0.3, 0.4) is 0 Å². The molecule has 0 radical (unpaired) electrons. The Labute approximate surface area is 82.1 Å². The Bertz CT molecular complexity index is 396. The van der Waals surface area contributed by atoms with E-state index in [2.05, 4.69) is 32.6 Å². The van der Waals surface area contributed by atoms with Gasteiger partial charge in [-0.25, -0.2) is 4.98 Å². The molecule has 2 rings (SSSR count). The second-order valence-corrected chi connectivity index (χ2v) is 3.68. The molecule has 2 nitrogen and oxygen atoms in total. The summed E-state index contributed by atoms with van der Waals surface area (Å²) in [7, 11) is 0. The third kappa shape index (κ3) is 1.22. The highest BCUT2D eigenvalue weighted by Gasteiger charge is 2.01. The molecule has 0 spiro atoms. The van der Waals surface area contributed by atoms with E-state index in [1.807, 2.05) is 18.2 Å². The van der Waals surface area contributed by atoms with Gasteiger partial charge in [0.1, 0.15) is 5.52 Å². The molecule has 0 fully saturated rings. The van der Waals surface area contributed by atoms with E-state index in [1.54, 1.807) is 0 Å². The summed E-state index contributed by atoms with van der Waals surface area (Å²) >= 11 is 7.92. The first-order valence-corrected chi connectivity index (χ1v) is 4.53. The largest absolute Gasteiger partial charge is 0.329 e. The molecule has 11 heavy (non-hydrogen) atoms. The standard InChI is InChI=1S/C7H4ClIN2/c8-7-10-5-3-1-2-4(9)6(5)11-7/h1-3H,(H,10,11). The van der Waals surface area contributed by atoms with Gasteiger partial charge < -0.3 is 4.98 Å². The fourth-order valence-electron chi connectivity index (χ4n) is 0.967. The lowest BCUT2D eigenvalue weighted by molar-refractivity contribution is 1.34. The molecule has 1 N–H and O–H groups in total. The topological polar surface area (TPSA) is 28.7 Å². The number of para-hydroxylation sites is 1. The number of halogens is 2. The Morgan fingerprint density at radius 1 is 1.45 bits per heavy atom. The van der Waals surface area contributed by atoms with Crippen LogP contribution < -0.4 is 0 Å². The number of aromatic amines is 1. The molecule has 1 heterocycles. The lowest BCUT2D eigenvalue weighted by atomic mass is 10.3. The fourth-order valence-corrected chi connectivity index (χ4v) is 1.77. The average Bonchev–Trinajstić information content (AvgIpc) is 2.31. The Balaban J connectivity index is 2.90. The van der Waals surface area contributed by atoms with Crippen molar-refractivity contribution in [2.45, 2.75) is 0 Å². The first kappa shape index (κ1) is 7.36. The maximum absolute atomic E-state index is 5.69. The van der Waals surface area contributed by atoms with E-state index in [4.69, 9.17) is 11.6 Å². The van der Waals surface area contributed by atoms with Gasteiger partial charge in [-0.3, -0.25) is 0 Å². The van der Waals surface area contributed by atoms with Gasteiger partial charge in [0, 0.05) is 3.57 Å². The first-order valence-electron chi connectivity index (χ1n) is 3.07. The number of rotatable bonds is 0. The van der Waals surface area contributed by atoms with Gasteiger partial charge >= 0.3 is 0 Å². The molecular weight excluding hydrogens is 274 g/mol. The molecule has 0 saturated carbocycles. The summed E-state index contributed by atoms with van der Waals surface area (Å²) in [5.74, 6) is 0. The van der Waals surface area contributed by atoms with Crippen molar-refractivity contribution in [2.24, 2.45) is 0 Å². The molecular formula is C7H4ClIN2. The minimum atomic E-state index is 0.448. The van der Waals surface area contributed by atoms with Gasteiger partial charge in [0.15, 0.2) is 0 Å². The Hall–Kier alpha value is -0.290. The molecule has 1 aromatic carbocycles. The van der Waals surface area contributed by atoms with Gasteiger partial charge in [-0.1, -0.05) is 6.07 Å². The third-order valence-corrected chi connectivity index (χ3v) is 2.48. The van der Waals surface area contributed by atoms with Crippen LogP contribution in [0.25, 0.3) is 11.0 Å². The second kappa shape index (κ2) is 2.64. The smallest absolute Gasteiger partial charge is 0.201 e. The molecule has 0 aliphatic heterocycles. The number of benzene rings is 1. The van der Waals surface area contributed by atoms with E-state index in [0.29, 0.717) is 5.28 Å². The van der Waals surface area contributed by atoms with Gasteiger partial charge in [-0.05, 0) is 46.3 Å². The van der Waals surface area contributed by atoms with Crippen molar-refractivity contribution in [1.29, 1.82) is 0 Å². The molecule has 0 aliphatic carbocycles. The van der Waals surface area contributed by atoms with E-state index in [0.717, 1.165) is 14.6 Å². The number of nitrogens with one attached hydrogen (secondary N) is 1. The summed E-state index contributed by atoms with van der Waals surface area (Å²) < 4.78 is 1.11. The maximum atomic E-state index is 5.69. The third-order valence-electron chi connectivity index (χ3n) is 1.43. The van der Waals surface area contributed by atoms with Crippen molar-refractivity contribution in [2.75, 3.05) is 0 Å². The molecule has 0 unspecified atom stereocenters. The number of fused-ring (bicyclic) bond motifs is 1. The maximum Gasteiger partial charge on any atom is 0.201 e. The summed E-state index contributed by atoms with van der Waals surface area (Å²) in [4.78, 5) is 7.06. The Morgan fingerprint density at radius 2 is 2.27 bits per heavy atom. The van der Waals surface area contributed by atoms with Crippen molar-refractivity contribution >= 4 is 45.2 Å². The zero-order valence-electron chi connectivity index (χ0n) is 5.44. The number of imidazole rings is 1. The molecule has 56 valence electrons. The lowest BCUT2D eigenvalue weighted by Crippen LogP contribution is -1.73. The van der Waals surface area contributed by atoms with Gasteiger partial charge in [0.25, 0.3) is 0 Å². The van der Waals surface area contributed by atoms with E-state index >= 15 is 0 Å².